The van der Waals surface area contributed by atoms with Gasteiger partial charge in [-0.1, -0.05) is 127 Å². The molecule has 0 amide bonds. The molecule has 0 N–H and O–H groups in total. The van der Waals surface area contributed by atoms with Gasteiger partial charge < -0.3 is 14.2 Å². The molecule has 3 aromatic rings. The zero-order valence-corrected chi connectivity index (χ0v) is 26.8. The van der Waals surface area contributed by atoms with Crippen molar-refractivity contribution in [2.45, 2.75) is 91.4 Å². The summed E-state index contributed by atoms with van der Waals surface area (Å²) in [6.45, 7) is 7.27. The van der Waals surface area contributed by atoms with Gasteiger partial charge >= 0.3 is 11.9 Å². The predicted molar refractivity (Wildman–Crippen MR) is 175 cm³/mol. The molecule has 5 nitrogen and oxygen atoms in total. The van der Waals surface area contributed by atoms with Gasteiger partial charge in [0.1, 0.15) is 17.1 Å². The molecule has 3 rings (SSSR count). The maximum Gasteiger partial charge on any atom is 0.343 e. The molecular formula is C37H47ClO5. The average molecular weight is 607 g/mol. The van der Waals surface area contributed by atoms with Crippen molar-refractivity contribution in [2.24, 2.45) is 5.92 Å². The molecule has 0 saturated heterocycles. The van der Waals surface area contributed by atoms with Crippen molar-refractivity contribution in [3.8, 4) is 22.6 Å². The lowest BCUT2D eigenvalue weighted by Crippen LogP contribution is -2.15. The van der Waals surface area contributed by atoms with Crippen LogP contribution in [0.2, 0.25) is 5.02 Å². The van der Waals surface area contributed by atoms with Gasteiger partial charge in [-0.3, -0.25) is 0 Å². The SMILES string of the molecule is CCCCCCCCCCCCOc1ccc(-c2ccc(C(=O)Oc3cccc(Cl)c3C(=O)OCC(C)CC)cc2)cc1. The number of rotatable bonds is 19. The van der Waals surface area contributed by atoms with Crippen LogP contribution >= 0.6 is 11.6 Å². The van der Waals surface area contributed by atoms with Crippen molar-refractivity contribution in [1.29, 1.82) is 0 Å². The fraction of sp³-hybridized carbons (Fsp3) is 0.459. The summed E-state index contributed by atoms with van der Waals surface area (Å²) in [4.78, 5) is 25.6. The predicted octanol–water partition coefficient (Wildman–Crippen LogP) is 10.7. The van der Waals surface area contributed by atoms with Crippen molar-refractivity contribution in [3.05, 3.63) is 82.9 Å². The van der Waals surface area contributed by atoms with E-state index in [0.717, 1.165) is 36.3 Å². The Morgan fingerprint density at radius 1 is 0.721 bits per heavy atom. The molecule has 43 heavy (non-hydrogen) atoms. The monoisotopic (exact) mass is 606 g/mol. The minimum absolute atomic E-state index is 0.0490. The van der Waals surface area contributed by atoms with Gasteiger partial charge in [0, 0.05) is 0 Å². The lowest BCUT2D eigenvalue weighted by molar-refractivity contribution is 0.0442. The van der Waals surface area contributed by atoms with Gasteiger partial charge in [-0.25, -0.2) is 9.59 Å². The quantitative estimate of drug-likeness (QED) is 0.0771. The van der Waals surface area contributed by atoms with E-state index in [4.69, 9.17) is 25.8 Å². The Morgan fingerprint density at radius 2 is 1.30 bits per heavy atom. The molecule has 0 spiro atoms. The molecule has 0 heterocycles. The van der Waals surface area contributed by atoms with Crippen LogP contribution in [-0.4, -0.2) is 25.2 Å². The Bertz CT molecular complexity index is 1250. The number of hydrogen-bond donors (Lipinski definition) is 0. The number of unbranched alkanes of at least 4 members (excludes halogenated alkanes) is 9. The summed E-state index contributed by atoms with van der Waals surface area (Å²) in [6.07, 6.45) is 13.9. The number of halogens is 1. The lowest BCUT2D eigenvalue weighted by Gasteiger charge is -2.13. The number of esters is 2. The summed E-state index contributed by atoms with van der Waals surface area (Å²) >= 11 is 6.28. The van der Waals surface area contributed by atoms with E-state index in [2.05, 4.69) is 6.92 Å². The summed E-state index contributed by atoms with van der Waals surface area (Å²) in [6, 6.07) is 19.9. The topological polar surface area (TPSA) is 61.8 Å². The number of carbonyl (C=O) groups is 2. The van der Waals surface area contributed by atoms with E-state index >= 15 is 0 Å². The van der Waals surface area contributed by atoms with Gasteiger partial charge in [0.2, 0.25) is 0 Å². The third-order valence-electron chi connectivity index (χ3n) is 7.65. The Morgan fingerprint density at radius 3 is 1.91 bits per heavy atom. The highest BCUT2D eigenvalue weighted by Gasteiger charge is 2.21. The summed E-state index contributed by atoms with van der Waals surface area (Å²) in [5, 5.41) is 0.172. The van der Waals surface area contributed by atoms with E-state index in [1.54, 1.807) is 24.3 Å². The van der Waals surface area contributed by atoms with E-state index < -0.39 is 11.9 Å². The zero-order chi connectivity index (χ0) is 30.9. The minimum Gasteiger partial charge on any atom is -0.494 e. The molecule has 1 atom stereocenters. The van der Waals surface area contributed by atoms with Gasteiger partial charge in [-0.15, -0.1) is 0 Å². The van der Waals surface area contributed by atoms with Gasteiger partial charge in [-0.2, -0.15) is 0 Å². The lowest BCUT2D eigenvalue weighted by atomic mass is 10.0. The van der Waals surface area contributed by atoms with Crippen molar-refractivity contribution in [2.75, 3.05) is 13.2 Å². The number of carbonyl (C=O) groups excluding carboxylic acids is 2. The molecular weight excluding hydrogens is 560 g/mol. The van der Waals surface area contributed by atoms with Crippen LogP contribution in [-0.2, 0) is 4.74 Å². The molecule has 1 unspecified atom stereocenters. The van der Waals surface area contributed by atoms with Gasteiger partial charge in [-0.05, 0) is 59.9 Å². The highest BCUT2D eigenvalue weighted by molar-refractivity contribution is 6.34. The van der Waals surface area contributed by atoms with E-state index in [1.165, 1.54) is 63.9 Å². The molecule has 0 aromatic heterocycles. The highest BCUT2D eigenvalue weighted by atomic mass is 35.5. The fourth-order valence-corrected chi connectivity index (χ4v) is 4.92. The molecule has 3 aromatic carbocycles. The first-order valence-electron chi connectivity index (χ1n) is 15.9. The Kier molecular flexibility index (Phi) is 15.2. The first kappa shape index (κ1) is 34.2. The smallest absolute Gasteiger partial charge is 0.343 e. The van der Waals surface area contributed by atoms with Crippen LogP contribution < -0.4 is 9.47 Å². The number of hydrogen-bond acceptors (Lipinski definition) is 5. The molecule has 6 heteroatoms. The largest absolute Gasteiger partial charge is 0.494 e. The zero-order valence-electron chi connectivity index (χ0n) is 26.0. The van der Waals surface area contributed by atoms with Crippen LogP contribution in [0.4, 0.5) is 0 Å². The van der Waals surface area contributed by atoms with E-state index in [0.29, 0.717) is 5.56 Å². The Labute approximate surface area is 262 Å². The molecule has 0 aliphatic carbocycles. The summed E-state index contributed by atoms with van der Waals surface area (Å²) in [7, 11) is 0. The summed E-state index contributed by atoms with van der Waals surface area (Å²) in [5.41, 5.74) is 2.40. The number of benzene rings is 3. The van der Waals surface area contributed by atoms with Crippen LogP contribution in [0.1, 0.15) is 112 Å². The van der Waals surface area contributed by atoms with Crippen molar-refractivity contribution < 1.29 is 23.8 Å². The van der Waals surface area contributed by atoms with E-state index in [-0.39, 0.29) is 28.9 Å². The third kappa shape index (κ3) is 11.7. The van der Waals surface area contributed by atoms with Gasteiger partial charge in [0.25, 0.3) is 0 Å². The molecule has 0 saturated carbocycles. The molecule has 232 valence electrons. The normalized spacial score (nSPS) is 11.6. The highest BCUT2D eigenvalue weighted by Crippen LogP contribution is 2.29. The maximum atomic E-state index is 12.9. The molecule has 0 radical (unpaired) electrons. The average Bonchev–Trinajstić information content (AvgIpc) is 3.02. The second-order valence-electron chi connectivity index (χ2n) is 11.2. The van der Waals surface area contributed by atoms with Crippen molar-refractivity contribution in [3.63, 3.8) is 0 Å². The van der Waals surface area contributed by atoms with E-state index in [1.807, 2.05) is 50.2 Å². The van der Waals surface area contributed by atoms with Crippen molar-refractivity contribution >= 4 is 23.5 Å². The van der Waals surface area contributed by atoms with Crippen LogP contribution in [0.5, 0.6) is 11.5 Å². The van der Waals surface area contributed by atoms with Crippen LogP contribution in [0, 0.1) is 5.92 Å². The van der Waals surface area contributed by atoms with Crippen molar-refractivity contribution in [1.82, 2.24) is 0 Å². The van der Waals surface area contributed by atoms with Crippen LogP contribution in [0.15, 0.2) is 66.7 Å². The fourth-order valence-electron chi connectivity index (χ4n) is 4.68. The summed E-state index contributed by atoms with van der Waals surface area (Å²) in [5.74, 6) is -0.0430. The molecule has 0 bridgehead atoms. The first-order valence-corrected chi connectivity index (χ1v) is 16.3. The van der Waals surface area contributed by atoms with Crippen LogP contribution in [0.3, 0.4) is 0 Å². The standard InChI is InChI=1S/C37H47ClO5/c1-4-6-7-8-9-10-11-12-13-14-26-41-32-24-22-30(23-25-32)29-18-20-31(21-19-29)36(39)43-34-17-15-16-33(38)35(34)37(40)42-27-28(3)5-2/h15-25,28H,4-14,26-27H2,1-3H3. The Hall–Kier alpha value is -3.31. The first-order chi connectivity index (χ1) is 20.9. The number of ether oxygens (including phenoxy) is 3. The minimum atomic E-state index is -0.611. The molecule has 0 aliphatic heterocycles. The molecule has 0 aliphatic rings. The van der Waals surface area contributed by atoms with Gasteiger partial charge in [0.15, 0.2) is 0 Å². The molecule has 0 fully saturated rings. The summed E-state index contributed by atoms with van der Waals surface area (Å²) < 4.78 is 16.9. The second-order valence-corrected chi connectivity index (χ2v) is 11.7. The van der Waals surface area contributed by atoms with Crippen LogP contribution in [0.25, 0.3) is 11.1 Å². The van der Waals surface area contributed by atoms with E-state index in [9.17, 15) is 9.59 Å². The van der Waals surface area contributed by atoms with Gasteiger partial charge in [0.05, 0.1) is 23.8 Å². The third-order valence-corrected chi connectivity index (χ3v) is 7.97. The Balaban J connectivity index is 1.46. The second kappa shape index (κ2) is 19.1. The maximum absolute atomic E-state index is 12.9.